The molecule has 0 saturated carbocycles. The number of furan rings is 1. The second kappa shape index (κ2) is 11.8. The van der Waals surface area contributed by atoms with Crippen LogP contribution in [-0.2, 0) is 16.6 Å². The van der Waals surface area contributed by atoms with Gasteiger partial charge in [0.25, 0.3) is 5.91 Å². The van der Waals surface area contributed by atoms with E-state index in [0.29, 0.717) is 69.8 Å². The first-order valence-corrected chi connectivity index (χ1v) is 18.2. The van der Waals surface area contributed by atoms with Gasteiger partial charge in [-0.2, -0.15) is 5.26 Å². The summed E-state index contributed by atoms with van der Waals surface area (Å²) in [5.41, 5.74) is 4.22. The number of carbonyl (C=O) groups excluding carboxylic acids is 1. The van der Waals surface area contributed by atoms with E-state index in [2.05, 4.69) is 16.3 Å². The number of aliphatic hydroxyl groups is 1. The van der Waals surface area contributed by atoms with Crippen molar-refractivity contribution in [3.8, 4) is 28.7 Å². The summed E-state index contributed by atoms with van der Waals surface area (Å²) in [6.45, 7) is 3.22. The minimum absolute atomic E-state index is 0.195. The Morgan fingerprint density at radius 2 is 1.83 bits per heavy atom. The third-order valence-corrected chi connectivity index (χ3v) is 10.8. The first-order valence-electron chi connectivity index (χ1n) is 16.4. The first-order chi connectivity index (χ1) is 24.8. The molecule has 0 aliphatic carbocycles. The minimum Gasteiger partial charge on any atom is -0.455 e. The van der Waals surface area contributed by atoms with Gasteiger partial charge in [0.2, 0.25) is 10.0 Å². The summed E-state index contributed by atoms with van der Waals surface area (Å²) in [6.07, 6.45) is 1.09. The Morgan fingerprint density at radius 3 is 2.50 bits per heavy atom. The van der Waals surface area contributed by atoms with Crippen molar-refractivity contribution in [3.63, 3.8) is 0 Å². The van der Waals surface area contributed by atoms with Gasteiger partial charge in [-0.05, 0) is 67.6 Å². The second-order valence-electron chi connectivity index (χ2n) is 13.4. The van der Waals surface area contributed by atoms with E-state index in [1.807, 2.05) is 28.7 Å². The van der Waals surface area contributed by atoms with Gasteiger partial charge in [0, 0.05) is 55.2 Å². The lowest BCUT2D eigenvalue weighted by molar-refractivity contribution is -0.0880. The van der Waals surface area contributed by atoms with Crippen molar-refractivity contribution in [2.75, 3.05) is 37.7 Å². The van der Waals surface area contributed by atoms with Crippen LogP contribution in [0.2, 0.25) is 0 Å². The van der Waals surface area contributed by atoms with Gasteiger partial charge >= 0.3 is 0 Å². The average Bonchev–Trinajstić information content (AvgIpc) is 3.69. The summed E-state index contributed by atoms with van der Waals surface area (Å²) >= 11 is 0. The number of nitriles is 1. The number of aromatic nitrogens is 3. The fraction of sp³-hybridized carbons (Fsp3) is 0.211. The molecule has 1 saturated heterocycles. The highest BCUT2D eigenvalue weighted by Gasteiger charge is 2.37. The summed E-state index contributed by atoms with van der Waals surface area (Å²) in [5, 5.41) is 24.1. The number of sulfonamides is 1. The topological polar surface area (TPSA) is 157 Å². The van der Waals surface area contributed by atoms with Crippen LogP contribution in [0.15, 0.2) is 77.2 Å². The number of carbonyl (C=O) groups is 1. The molecule has 8 rings (SSSR count). The highest BCUT2D eigenvalue weighted by atomic mass is 32.2. The lowest BCUT2D eigenvalue weighted by atomic mass is 9.97. The maximum atomic E-state index is 13.8. The minimum atomic E-state index is -3.79. The van der Waals surface area contributed by atoms with Gasteiger partial charge in [-0.3, -0.25) is 18.4 Å². The molecule has 1 fully saturated rings. The Bertz CT molecular complexity index is 2780. The summed E-state index contributed by atoms with van der Waals surface area (Å²) in [5.74, 6) is 0.00187. The van der Waals surface area contributed by atoms with E-state index in [1.54, 1.807) is 31.2 Å². The molecule has 1 aliphatic rings. The van der Waals surface area contributed by atoms with E-state index >= 15 is 0 Å². The van der Waals surface area contributed by atoms with Crippen LogP contribution >= 0.6 is 0 Å². The molecule has 0 atom stereocenters. The zero-order valence-electron chi connectivity index (χ0n) is 28.6. The van der Waals surface area contributed by atoms with Gasteiger partial charge in [-0.25, -0.2) is 22.8 Å². The molecular weight excluding hydrogens is 686 g/mol. The highest BCUT2D eigenvalue weighted by molar-refractivity contribution is 7.92. The number of likely N-dealkylation sites (tertiary alicyclic amines) is 1. The monoisotopic (exact) mass is 717 g/mol. The molecule has 0 unspecified atom stereocenters. The number of nitrogens with zero attached hydrogens (tertiary/aromatic N) is 6. The van der Waals surface area contributed by atoms with E-state index in [0.717, 1.165) is 21.5 Å². The SMILES string of the molecule is CNC(=O)c1c(-c2ccc(F)cc2)oc2cc(N(C)S(C)(=O)=O)c(-c3ccc4nc(CN5CC(C)(O)C5)n5c6cccc(C#N)c6cc5c4n3)cc12. The molecule has 4 aromatic heterocycles. The van der Waals surface area contributed by atoms with Crippen LogP contribution in [0.3, 0.4) is 0 Å². The summed E-state index contributed by atoms with van der Waals surface area (Å²) < 4.78 is 49.1. The maximum absolute atomic E-state index is 13.8. The number of anilines is 1. The number of amides is 1. The van der Waals surface area contributed by atoms with Crippen molar-refractivity contribution in [2.24, 2.45) is 0 Å². The quantitative estimate of drug-likeness (QED) is 0.219. The number of β-amino-alcohol motifs (C(OH)–C–C–N with tert-alkyl or cyclic N) is 1. The molecule has 0 spiro atoms. The fourth-order valence-electron chi connectivity index (χ4n) is 7.12. The molecule has 2 N–H and O–H groups in total. The zero-order chi connectivity index (χ0) is 36.7. The third-order valence-electron chi connectivity index (χ3n) is 9.56. The van der Waals surface area contributed by atoms with E-state index in [-0.39, 0.29) is 22.6 Å². The molecule has 7 aromatic rings. The van der Waals surface area contributed by atoms with Gasteiger partial charge in [0.15, 0.2) is 0 Å². The van der Waals surface area contributed by atoms with Crippen LogP contribution < -0.4 is 9.62 Å². The summed E-state index contributed by atoms with van der Waals surface area (Å²) in [4.78, 5) is 25.6. The molecule has 1 aliphatic heterocycles. The van der Waals surface area contributed by atoms with Gasteiger partial charge in [0.1, 0.15) is 28.5 Å². The summed E-state index contributed by atoms with van der Waals surface area (Å²) in [7, 11) is -0.875. The van der Waals surface area contributed by atoms with E-state index in [9.17, 15) is 28.0 Å². The van der Waals surface area contributed by atoms with Crippen molar-refractivity contribution in [2.45, 2.75) is 19.1 Å². The Hall–Kier alpha value is -5.88. The van der Waals surface area contributed by atoms with Crippen LogP contribution in [-0.4, -0.2) is 77.7 Å². The van der Waals surface area contributed by atoms with Gasteiger partial charge < -0.3 is 14.8 Å². The Labute approximate surface area is 297 Å². The predicted molar refractivity (Wildman–Crippen MR) is 196 cm³/mol. The molecular formula is C38H32FN7O5S. The summed E-state index contributed by atoms with van der Waals surface area (Å²) in [6, 6.07) is 22.0. The number of hydrogen-bond acceptors (Lipinski definition) is 9. The van der Waals surface area contributed by atoms with Crippen molar-refractivity contribution in [1.29, 1.82) is 5.26 Å². The molecule has 262 valence electrons. The molecule has 12 nitrogen and oxygen atoms in total. The lowest BCUT2D eigenvalue weighted by Gasteiger charge is -2.44. The van der Waals surface area contributed by atoms with Crippen LogP contribution in [0.25, 0.3) is 61.0 Å². The van der Waals surface area contributed by atoms with Gasteiger partial charge in [-0.15, -0.1) is 0 Å². The molecule has 0 radical (unpaired) electrons. The lowest BCUT2D eigenvalue weighted by Crippen LogP contribution is -2.59. The number of pyridine rings is 1. The van der Waals surface area contributed by atoms with Crippen LogP contribution in [0.4, 0.5) is 10.1 Å². The predicted octanol–water partition coefficient (Wildman–Crippen LogP) is 5.45. The van der Waals surface area contributed by atoms with E-state index in [4.69, 9.17) is 14.4 Å². The zero-order valence-corrected chi connectivity index (χ0v) is 29.4. The molecule has 52 heavy (non-hydrogen) atoms. The highest BCUT2D eigenvalue weighted by Crippen LogP contribution is 2.42. The third kappa shape index (κ3) is 5.41. The number of halogens is 1. The molecule has 5 heterocycles. The number of rotatable bonds is 7. The average molecular weight is 718 g/mol. The standard InChI is InChI=1S/C38H32FN7O5S/c1-38(48)19-45(20-38)18-33-42-28-13-12-27(43-35(28)31-15-24-22(17-40)6-5-7-29(24)46(31)33)25-14-26-32(16-30(25)44(3)52(4,49)50)51-36(34(26)37(47)41-2)21-8-10-23(39)11-9-21/h5-16,48H,18-20H2,1-4H3,(H,41,47). The van der Waals surface area contributed by atoms with Crippen molar-refractivity contribution in [3.05, 3.63) is 95.6 Å². The Balaban J connectivity index is 1.40. The first kappa shape index (κ1) is 33.3. The van der Waals surface area contributed by atoms with Crippen molar-refractivity contribution >= 4 is 60.0 Å². The fourth-order valence-corrected chi connectivity index (χ4v) is 7.62. The second-order valence-corrected chi connectivity index (χ2v) is 15.5. The van der Waals surface area contributed by atoms with Crippen molar-refractivity contribution < 1.29 is 27.1 Å². The maximum Gasteiger partial charge on any atom is 0.255 e. The molecule has 3 aromatic carbocycles. The molecule has 14 heteroatoms. The Kier molecular flexibility index (Phi) is 7.58. The van der Waals surface area contributed by atoms with Crippen LogP contribution in [0.1, 0.15) is 28.7 Å². The smallest absolute Gasteiger partial charge is 0.255 e. The molecule has 1 amide bonds. The number of benzene rings is 3. The number of hydrogen-bond donors (Lipinski definition) is 2. The largest absolute Gasteiger partial charge is 0.455 e. The van der Waals surface area contributed by atoms with Crippen LogP contribution in [0, 0.1) is 17.1 Å². The molecule has 0 bridgehead atoms. The van der Waals surface area contributed by atoms with E-state index < -0.39 is 27.3 Å². The Morgan fingerprint density at radius 1 is 1.08 bits per heavy atom. The van der Waals surface area contributed by atoms with Crippen molar-refractivity contribution in [1.82, 2.24) is 24.6 Å². The number of nitrogens with one attached hydrogen (secondary N) is 1. The number of fused-ring (bicyclic) bond motifs is 6. The normalized spacial score (nSPS) is 14.6. The van der Waals surface area contributed by atoms with Crippen LogP contribution in [0.5, 0.6) is 0 Å². The van der Waals surface area contributed by atoms with Gasteiger partial charge in [0.05, 0.1) is 63.5 Å². The van der Waals surface area contributed by atoms with Gasteiger partial charge in [-0.1, -0.05) is 6.07 Å². The van der Waals surface area contributed by atoms with E-state index in [1.165, 1.54) is 38.4 Å².